The Bertz CT molecular complexity index is 379. The van der Waals surface area contributed by atoms with Gasteiger partial charge in [0.05, 0.1) is 12.0 Å². The average Bonchev–Trinajstić information content (AvgIpc) is 2.82. The van der Waals surface area contributed by atoms with E-state index in [1.165, 1.54) is 6.33 Å². The molecule has 94 valence electrons. The van der Waals surface area contributed by atoms with Crippen LogP contribution in [0.25, 0.3) is 0 Å². The molecule has 0 saturated carbocycles. The van der Waals surface area contributed by atoms with Gasteiger partial charge in [0, 0.05) is 6.54 Å². The molecule has 0 radical (unpaired) electrons. The average molecular weight is 239 g/mol. The summed E-state index contributed by atoms with van der Waals surface area (Å²) in [4.78, 5) is 17.4. The third-order valence-corrected chi connectivity index (χ3v) is 3.55. The van der Waals surface area contributed by atoms with Gasteiger partial charge < -0.3 is 9.63 Å². The second-order valence-electron chi connectivity index (χ2n) is 4.59. The molecule has 2 heterocycles. The Kier molecular flexibility index (Phi) is 3.42. The summed E-state index contributed by atoms with van der Waals surface area (Å²) >= 11 is 0. The van der Waals surface area contributed by atoms with Gasteiger partial charge in [-0.15, -0.1) is 0 Å². The largest absolute Gasteiger partial charge is 0.481 e. The van der Waals surface area contributed by atoms with Crippen LogP contribution < -0.4 is 0 Å². The predicted octanol–water partition coefficient (Wildman–Crippen LogP) is 1.15. The van der Waals surface area contributed by atoms with Crippen LogP contribution in [-0.4, -0.2) is 39.2 Å². The molecule has 1 aliphatic rings. The van der Waals surface area contributed by atoms with Crippen molar-refractivity contribution in [2.24, 2.45) is 5.41 Å². The maximum Gasteiger partial charge on any atom is 0.310 e. The number of nitrogens with zero attached hydrogens (tertiary/aromatic N) is 3. The normalized spacial score (nSPS) is 25.9. The van der Waals surface area contributed by atoms with Crippen molar-refractivity contribution in [2.45, 2.75) is 32.7 Å². The highest BCUT2D eigenvalue weighted by Gasteiger charge is 2.40. The molecule has 1 aromatic heterocycles. The molecule has 2 rings (SSSR count). The van der Waals surface area contributed by atoms with Crippen LogP contribution in [0.2, 0.25) is 0 Å². The first kappa shape index (κ1) is 12.0. The van der Waals surface area contributed by atoms with Gasteiger partial charge in [-0.3, -0.25) is 9.69 Å². The molecule has 0 aliphatic carbocycles. The minimum Gasteiger partial charge on any atom is -0.481 e. The zero-order valence-corrected chi connectivity index (χ0v) is 9.93. The Morgan fingerprint density at radius 3 is 3.12 bits per heavy atom. The lowest BCUT2D eigenvalue weighted by molar-refractivity contribution is -0.153. The zero-order chi connectivity index (χ0) is 12.3. The Balaban J connectivity index is 2.03. The van der Waals surface area contributed by atoms with E-state index in [1.54, 1.807) is 0 Å². The Labute approximate surface area is 99.6 Å². The molecule has 1 fully saturated rings. The molecular weight excluding hydrogens is 222 g/mol. The summed E-state index contributed by atoms with van der Waals surface area (Å²) in [5, 5.41) is 12.9. The maximum absolute atomic E-state index is 11.4. The summed E-state index contributed by atoms with van der Waals surface area (Å²) in [6.45, 7) is 3.91. The van der Waals surface area contributed by atoms with E-state index in [-0.39, 0.29) is 0 Å². The summed E-state index contributed by atoms with van der Waals surface area (Å²) in [7, 11) is 0. The molecule has 1 saturated heterocycles. The summed E-state index contributed by atoms with van der Waals surface area (Å²) in [6, 6.07) is 0. The first-order valence-electron chi connectivity index (χ1n) is 5.87. The summed E-state index contributed by atoms with van der Waals surface area (Å²) in [5.41, 5.74) is -0.613. The van der Waals surface area contributed by atoms with E-state index in [0.717, 1.165) is 19.4 Å². The number of aromatic nitrogens is 2. The molecule has 6 nitrogen and oxygen atoms in total. The van der Waals surface area contributed by atoms with E-state index >= 15 is 0 Å². The van der Waals surface area contributed by atoms with Crippen LogP contribution in [0.3, 0.4) is 0 Å². The minimum absolute atomic E-state index is 0.537. The first-order valence-corrected chi connectivity index (χ1v) is 5.87. The monoisotopic (exact) mass is 239 g/mol. The molecule has 0 amide bonds. The number of carboxylic acid groups (broad SMARTS) is 1. The lowest BCUT2D eigenvalue weighted by Gasteiger charge is -2.38. The maximum atomic E-state index is 11.4. The first-order chi connectivity index (χ1) is 8.16. The second-order valence-corrected chi connectivity index (χ2v) is 4.59. The number of likely N-dealkylation sites (tertiary alicyclic amines) is 1. The topological polar surface area (TPSA) is 79.5 Å². The van der Waals surface area contributed by atoms with Crippen molar-refractivity contribution in [3.8, 4) is 0 Å². The van der Waals surface area contributed by atoms with Crippen molar-refractivity contribution in [3.05, 3.63) is 12.2 Å². The van der Waals surface area contributed by atoms with Gasteiger partial charge >= 0.3 is 5.97 Å². The number of carbonyl (C=O) groups is 1. The lowest BCUT2D eigenvalue weighted by Crippen LogP contribution is -2.47. The van der Waals surface area contributed by atoms with Crippen molar-refractivity contribution in [3.63, 3.8) is 0 Å². The van der Waals surface area contributed by atoms with Crippen molar-refractivity contribution in [1.29, 1.82) is 0 Å². The highest BCUT2D eigenvalue weighted by Crippen LogP contribution is 2.34. The van der Waals surface area contributed by atoms with E-state index in [2.05, 4.69) is 15.0 Å². The van der Waals surface area contributed by atoms with Gasteiger partial charge in [-0.1, -0.05) is 12.1 Å². The van der Waals surface area contributed by atoms with Gasteiger partial charge in [0.2, 0.25) is 5.89 Å². The van der Waals surface area contributed by atoms with E-state index in [1.807, 2.05) is 6.92 Å². The number of aliphatic carboxylic acids is 1. The molecule has 1 unspecified atom stereocenters. The van der Waals surface area contributed by atoms with Gasteiger partial charge in [0.1, 0.15) is 0 Å². The van der Waals surface area contributed by atoms with Gasteiger partial charge in [0.15, 0.2) is 6.33 Å². The quantitative estimate of drug-likeness (QED) is 0.849. The predicted molar refractivity (Wildman–Crippen MR) is 59.2 cm³/mol. The van der Waals surface area contributed by atoms with Crippen LogP contribution in [0.4, 0.5) is 0 Å². The Hall–Kier alpha value is -1.43. The highest BCUT2D eigenvalue weighted by molar-refractivity contribution is 5.75. The molecule has 17 heavy (non-hydrogen) atoms. The smallest absolute Gasteiger partial charge is 0.310 e. The van der Waals surface area contributed by atoms with Crippen LogP contribution in [0, 0.1) is 5.41 Å². The third-order valence-electron chi connectivity index (χ3n) is 3.55. The molecular formula is C11H17N3O3. The van der Waals surface area contributed by atoms with Crippen LogP contribution in [0.5, 0.6) is 0 Å². The van der Waals surface area contributed by atoms with E-state index in [0.29, 0.717) is 25.4 Å². The van der Waals surface area contributed by atoms with E-state index in [9.17, 15) is 9.90 Å². The fourth-order valence-electron chi connectivity index (χ4n) is 2.43. The fourth-order valence-corrected chi connectivity index (χ4v) is 2.43. The summed E-state index contributed by atoms with van der Waals surface area (Å²) in [6.07, 6.45) is 3.67. The number of hydrogen-bond acceptors (Lipinski definition) is 5. The summed E-state index contributed by atoms with van der Waals surface area (Å²) < 4.78 is 4.95. The summed E-state index contributed by atoms with van der Waals surface area (Å²) in [5.74, 6) is -0.155. The number of rotatable bonds is 4. The van der Waals surface area contributed by atoms with Crippen molar-refractivity contribution in [2.75, 3.05) is 13.1 Å². The van der Waals surface area contributed by atoms with E-state index < -0.39 is 11.4 Å². The highest BCUT2D eigenvalue weighted by atomic mass is 16.5. The third kappa shape index (κ3) is 2.46. The Morgan fingerprint density at radius 2 is 2.53 bits per heavy atom. The molecule has 1 N–H and O–H groups in total. The molecule has 1 aromatic rings. The molecule has 0 bridgehead atoms. The van der Waals surface area contributed by atoms with Crippen molar-refractivity contribution in [1.82, 2.24) is 15.0 Å². The number of piperidine rings is 1. The van der Waals surface area contributed by atoms with Crippen molar-refractivity contribution >= 4 is 5.97 Å². The van der Waals surface area contributed by atoms with Gasteiger partial charge in [0.25, 0.3) is 0 Å². The number of carboxylic acids is 1. The zero-order valence-electron chi connectivity index (χ0n) is 9.93. The number of hydrogen-bond donors (Lipinski definition) is 1. The van der Waals surface area contributed by atoms with Crippen LogP contribution in [0.1, 0.15) is 32.1 Å². The van der Waals surface area contributed by atoms with E-state index in [4.69, 9.17) is 4.52 Å². The second kappa shape index (κ2) is 4.83. The van der Waals surface area contributed by atoms with Crippen LogP contribution in [-0.2, 0) is 11.3 Å². The van der Waals surface area contributed by atoms with Crippen LogP contribution in [0.15, 0.2) is 10.9 Å². The fraction of sp³-hybridized carbons (Fsp3) is 0.727. The molecule has 1 atom stereocenters. The standard InChI is InChI=1S/C11H17N3O3/c1-2-11(10(15)16)4-3-5-14(7-11)6-9-12-8-13-17-9/h8H,2-7H2,1H3,(H,15,16). The Morgan fingerprint density at radius 1 is 1.71 bits per heavy atom. The lowest BCUT2D eigenvalue weighted by atomic mass is 9.77. The van der Waals surface area contributed by atoms with Gasteiger partial charge in [-0.25, -0.2) is 0 Å². The van der Waals surface area contributed by atoms with Crippen LogP contribution >= 0.6 is 0 Å². The van der Waals surface area contributed by atoms with Gasteiger partial charge in [-0.05, 0) is 25.8 Å². The molecule has 6 heteroatoms. The van der Waals surface area contributed by atoms with Gasteiger partial charge in [-0.2, -0.15) is 4.98 Å². The molecule has 0 spiro atoms. The molecule has 0 aromatic carbocycles. The SMILES string of the molecule is CCC1(C(=O)O)CCCN(Cc2ncno2)C1. The minimum atomic E-state index is -0.699. The molecule has 1 aliphatic heterocycles. The van der Waals surface area contributed by atoms with Crippen molar-refractivity contribution < 1.29 is 14.4 Å².